The van der Waals surface area contributed by atoms with E-state index in [9.17, 15) is 4.79 Å². The molecule has 1 amide bonds. The van der Waals surface area contributed by atoms with Crippen molar-refractivity contribution < 1.29 is 4.79 Å². The molecule has 1 aliphatic rings. The van der Waals surface area contributed by atoms with E-state index < -0.39 is 0 Å². The third-order valence-electron chi connectivity index (χ3n) is 4.53. The molecule has 0 unspecified atom stereocenters. The summed E-state index contributed by atoms with van der Waals surface area (Å²) in [6, 6.07) is 8.26. The fraction of sp³-hybridized carbons (Fsp3) is 0.444. The Balaban J connectivity index is 1.85. The Labute approximate surface area is 145 Å². The quantitative estimate of drug-likeness (QED) is 0.868. The Bertz CT molecular complexity index is 700. The van der Waals surface area contributed by atoms with Gasteiger partial charge in [-0.1, -0.05) is 35.2 Å². The highest BCUT2D eigenvalue weighted by atomic mass is 79.9. The Morgan fingerprint density at radius 3 is 2.48 bits per heavy atom. The van der Waals surface area contributed by atoms with Gasteiger partial charge >= 0.3 is 0 Å². The normalized spacial score (nSPS) is 15.6. The van der Waals surface area contributed by atoms with Gasteiger partial charge in [0.1, 0.15) is 0 Å². The second-order valence-corrected chi connectivity index (χ2v) is 7.16. The Morgan fingerprint density at radius 1 is 1.17 bits per heavy atom. The third kappa shape index (κ3) is 3.50. The molecule has 1 fully saturated rings. The molecule has 1 aromatic heterocycles. The molecule has 0 bridgehead atoms. The van der Waals surface area contributed by atoms with Crippen LogP contribution in [0.2, 0.25) is 0 Å². The van der Waals surface area contributed by atoms with Crippen molar-refractivity contribution in [1.82, 2.24) is 15.1 Å². The van der Waals surface area contributed by atoms with Gasteiger partial charge < -0.3 is 5.32 Å². The van der Waals surface area contributed by atoms with Crippen molar-refractivity contribution in [3.8, 4) is 5.69 Å². The number of carbonyl (C=O) groups is 1. The first kappa shape index (κ1) is 16.2. The fourth-order valence-electron chi connectivity index (χ4n) is 3.31. The predicted octanol–water partition coefficient (Wildman–Crippen LogP) is 4.31. The smallest absolute Gasteiger partial charge is 0.255 e. The van der Waals surface area contributed by atoms with Crippen molar-refractivity contribution in [1.29, 1.82) is 0 Å². The van der Waals surface area contributed by atoms with Crippen molar-refractivity contribution in [2.45, 2.75) is 52.0 Å². The number of aromatic nitrogens is 2. The van der Waals surface area contributed by atoms with Gasteiger partial charge in [0.2, 0.25) is 0 Å². The van der Waals surface area contributed by atoms with Gasteiger partial charge in [0, 0.05) is 10.5 Å². The summed E-state index contributed by atoms with van der Waals surface area (Å²) in [5, 5.41) is 7.76. The number of nitrogens with zero attached hydrogens (tertiary/aromatic N) is 2. The van der Waals surface area contributed by atoms with E-state index in [0.29, 0.717) is 11.6 Å². The van der Waals surface area contributed by atoms with Gasteiger partial charge in [-0.2, -0.15) is 5.10 Å². The molecule has 0 aliphatic heterocycles. The molecule has 0 spiro atoms. The number of hydrogen-bond donors (Lipinski definition) is 1. The van der Waals surface area contributed by atoms with E-state index in [1.54, 1.807) is 0 Å². The summed E-state index contributed by atoms with van der Waals surface area (Å²) < 4.78 is 2.87. The lowest BCUT2D eigenvalue weighted by molar-refractivity contribution is 0.0926. The van der Waals surface area contributed by atoms with Crippen molar-refractivity contribution in [3.63, 3.8) is 0 Å². The van der Waals surface area contributed by atoms with Crippen LogP contribution in [0.15, 0.2) is 28.7 Å². The molecule has 0 radical (unpaired) electrons. The Hall–Kier alpha value is -1.62. The van der Waals surface area contributed by atoms with Crippen LogP contribution in [0.5, 0.6) is 0 Å². The van der Waals surface area contributed by atoms with E-state index in [2.05, 4.69) is 26.3 Å². The number of halogens is 1. The van der Waals surface area contributed by atoms with Gasteiger partial charge in [0.15, 0.2) is 0 Å². The van der Waals surface area contributed by atoms with Gasteiger partial charge in [0.05, 0.1) is 22.6 Å². The maximum atomic E-state index is 12.7. The molecule has 1 aliphatic carbocycles. The summed E-state index contributed by atoms with van der Waals surface area (Å²) in [4.78, 5) is 12.7. The lowest BCUT2D eigenvalue weighted by Crippen LogP contribution is -2.36. The summed E-state index contributed by atoms with van der Waals surface area (Å²) in [6.45, 7) is 3.86. The summed E-state index contributed by atoms with van der Waals surface area (Å²) in [7, 11) is 0. The molecular weight excluding hydrogens is 354 g/mol. The van der Waals surface area contributed by atoms with Crippen LogP contribution < -0.4 is 5.32 Å². The molecule has 0 atom stereocenters. The molecule has 2 aromatic rings. The lowest BCUT2D eigenvalue weighted by Gasteiger charge is -2.22. The highest BCUT2D eigenvalue weighted by Gasteiger charge is 2.22. The summed E-state index contributed by atoms with van der Waals surface area (Å²) in [5.74, 6) is 0.00950. The van der Waals surface area contributed by atoms with E-state index in [4.69, 9.17) is 0 Å². The zero-order valence-electron chi connectivity index (χ0n) is 13.6. The number of aryl methyl sites for hydroxylation is 1. The zero-order chi connectivity index (χ0) is 16.4. The average molecular weight is 376 g/mol. The first-order chi connectivity index (χ1) is 11.1. The highest BCUT2D eigenvalue weighted by Crippen LogP contribution is 2.22. The van der Waals surface area contributed by atoms with E-state index in [-0.39, 0.29) is 5.91 Å². The average Bonchev–Trinajstić information content (AvgIpc) is 2.84. The van der Waals surface area contributed by atoms with Crippen LogP contribution in [0.25, 0.3) is 5.69 Å². The van der Waals surface area contributed by atoms with Crippen molar-refractivity contribution in [2.24, 2.45) is 0 Å². The Morgan fingerprint density at radius 2 is 1.83 bits per heavy atom. The molecule has 5 heteroatoms. The minimum atomic E-state index is 0.00950. The van der Waals surface area contributed by atoms with Crippen LogP contribution in [-0.4, -0.2) is 21.7 Å². The maximum Gasteiger partial charge on any atom is 0.255 e. The first-order valence-electron chi connectivity index (χ1n) is 8.19. The van der Waals surface area contributed by atoms with E-state index >= 15 is 0 Å². The van der Waals surface area contributed by atoms with E-state index in [1.807, 2.05) is 42.8 Å². The molecule has 1 N–H and O–H groups in total. The number of amides is 1. The Kier molecular flexibility index (Phi) is 4.85. The van der Waals surface area contributed by atoms with Crippen LogP contribution in [-0.2, 0) is 0 Å². The van der Waals surface area contributed by atoms with E-state index in [0.717, 1.165) is 34.4 Å². The predicted molar refractivity (Wildman–Crippen MR) is 95.1 cm³/mol. The van der Waals surface area contributed by atoms with Crippen LogP contribution in [0.3, 0.4) is 0 Å². The second kappa shape index (κ2) is 6.87. The third-order valence-corrected chi connectivity index (χ3v) is 5.06. The zero-order valence-corrected chi connectivity index (χ0v) is 15.2. The summed E-state index contributed by atoms with van der Waals surface area (Å²) >= 11 is 3.44. The molecule has 1 aromatic carbocycles. The number of rotatable bonds is 3. The molecular formula is C18H22BrN3O. The minimum absolute atomic E-state index is 0.00950. The lowest BCUT2D eigenvalue weighted by atomic mass is 9.95. The van der Waals surface area contributed by atoms with Crippen molar-refractivity contribution in [2.75, 3.05) is 0 Å². The molecule has 4 nitrogen and oxygen atoms in total. The van der Waals surface area contributed by atoms with Gasteiger partial charge in [-0.25, -0.2) is 4.68 Å². The molecule has 0 saturated heterocycles. The molecule has 122 valence electrons. The summed E-state index contributed by atoms with van der Waals surface area (Å²) in [5.41, 5.74) is 3.33. The van der Waals surface area contributed by atoms with Gasteiger partial charge in [-0.15, -0.1) is 0 Å². The fourth-order valence-corrected chi connectivity index (χ4v) is 3.57. The van der Waals surface area contributed by atoms with Crippen LogP contribution in [0.4, 0.5) is 0 Å². The largest absolute Gasteiger partial charge is 0.349 e. The van der Waals surface area contributed by atoms with Crippen LogP contribution >= 0.6 is 15.9 Å². The highest BCUT2D eigenvalue weighted by molar-refractivity contribution is 9.10. The topological polar surface area (TPSA) is 46.9 Å². The van der Waals surface area contributed by atoms with Crippen LogP contribution in [0, 0.1) is 13.8 Å². The van der Waals surface area contributed by atoms with E-state index in [1.165, 1.54) is 19.3 Å². The van der Waals surface area contributed by atoms with Crippen LogP contribution in [0.1, 0.15) is 53.8 Å². The summed E-state index contributed by atoms with van der Waals surface area (Å²) in [6.07, 6.45) is 5.88. The van der Waals surface area contributed by atoms with Gasteiger partial charge in [-0.05, 0) is 51.0 Å². The minimum Gasteiger partial charge on any atom is -0.349 e. The van der Waals surface area contributed by atoms with Gasteiger partial charge in [-0.3, -0.25) is 4.79 Å². The first-order valence-corrected chi connectivity index (χ1v) is 8.98. The second-order valence-electron chi connectivity index (χ2n) is 6.24. The number of hydrogen-bond acceptors (Lipinski definition) is 2. The van der Waals surface area contributed by atoms with Crippen molar-refractivity contribution in [3.05, 3.63) is 45.7 Å². The van der Waals surface area contributed by atoms with Gasteiger partial charge in [0.25, 0.3) is 5.91 Å². The SMILES string of the molecule is Cc1nn(-c2ccc(Br)cc2)c(C)c1C(=O)NC1CCCCC1. The molecule has 3 rings (SSSR count). The molecule has 1 heterocycles. The number of nitrogens with one attached hydrogen (secondary N) is 1. The number of benzene rings is 1. The van der Waals surface area contributed by atoms with Crippen molar-refractivity contribution >= 4 is 21.8 Å². The maximum absolute atomic E-state index is 12.7. The molecule has 23 heavy (non-hydrogen) atoms. The number of carbonyl (C=O) groups excluding carboxylic acids is 1. The monoisotopic (exact) mass is 375 g/mol. The standard InChI is InChI=1S/C18H22BrN3O/c1-12-17(18(23)20-15-6-4-3-5-7-15)13(2)22(21-12)16-10-8-14(19)9-11-16/h8-11,15H,3-7H2,1-2H3,(H,20,23). The molecule has 1 saturated carbocycles.